The highest BCUT2D eigenvalue weighted by atomic mass is 16.5. The van der Waals surface area contributed by atoms with Crippen molar-refractivity contribution < 1.29 is 4.74 Å². The van der Waals surface area contributed by atoms with Gasteiger partial charge in [-0.05, 0) is 36.8 Å². The second kappa shape index (κ2) is 5.97. The van der Waals surface area contributed by atoms with E-state index in [1.165, 1.54) is 16.7 Å². The second-order valence-electron chi connectivity index (χ2n) is 5.37. The van der Waals surface area contributed by atoms with Crippen molar-refractivity contribution in [3.63, 3.8) is 0 Å². The molecule has 2 aromatic carbocycles. The first-order valence-electron chi connectivity index (χ1n) is 7.13. The third kappa shape index (κ3) is 3.14. The fraction of sp³-hybridized carbons (Fsp3) is 0.235. The van der Waals surface area contributed by atoms with Crippen LogP contribution in [0.5, 0.6) is 5.75 Å². The lowest BCUT2D eigenvalue weighted by Crippen LogP contribution is -2.04. The Morgan fingerprint density at radius 3 is 2.55 bits per heavy atom. The summed E-state index contributed by atoms with van der Waals surface area (Å²) in [5, 5.41) is 12.7. The first-order valence-corrected chi connectivity index (χ1v) is 7.13. The van der Waals surface area contributed by atoms with Crippen LogP contribution in [0.15, 0.2) is 42.5 Å². The van der Waals surface area contributed by atoms with E-state index in [1.54, 1.807) is 11.9 Å². The van der Waals surface area contributed by atoms with Gasteiger partial charge in [0, 0.05) is 5.56 Å². The van der Waals surface area contributed by atoms with Crippen molar-refractivity contribution in [2.45, 2.75) is 20.4 Å². The topological polar surface area (TPSA) is 52.8 Å². The maximum atomic E-state index is 5.22. The van der Waals surface area contributed by atoms with Crippen molar-refractivity contribution in [2.24, 2.45) is 0 Å². The van der Waals surface area contributed by atoms with Crippen molar-refractivity contribution in [1.82, 2.24) is 20.2 Å². The van der Waals surface area contributed by atoms with E-state index < -0.39 is 0 Å². The van der Waals surface area contributed by atoms with Gasteiger partial charge in [0.25, 0.3) is 0 Å². The molecule has 0 amide bonds. The number of tetrazole rings is 1. The van der Waals surface area contributed by atoms with E-state index in [-0.39, 0.29) is 0 Å². The number of hydrogen-bond donors (Lipinski definition) is 0. The van der Waals surface area contributed by atoms with Crippen LogP contribution in [0.3, 0.4) is 0 Å². The summed E-state index contributed by atoms with van der Waals surface area (Å²) in [7, 11) is 1.64. The quantitative estimate of drug-likeness (QED) is 0.742. The zero-order chi connectivity index (χ0) is 15.5. The first kappa shape index (κ1) is 14.3. The van der Waals surface area contributed by atoms with Crippen molar-refractivity contribution in [3.8, 4) is 17.1 Å². The predicted molar refractivity (Wildman–Crippen MR) is 84.8 cm³/mol. The molecule has 5 nitrogen and oxygen atoms in total. The molecule has 0 aliphatic heterocycles. The summed E-state index contributed by atoms with van der Waals surface area (Å²) in [6, 6.07) is 14.1. The second-order valence-corrected chi connectivity index (χ2v) is 5.37. The van der Waals surface area contributed by atoms with Gasteiger partial charge >= 0.3 is 0 Å². The van der Waals surface area contributed by atoms with E-state index in [1.807, 2.05) is 24.3 Å². The van der Waals surface area contributed by atoms with Gasteiger partial charge in [0.05, 0.1) is 13.7 Å². The zero-order valence-corrected chi connectivity index (χ0v) is 12.9. The highest BCUT2D eigenvalue weighted by Gasteiger charge is 2.07. The Morgan fingerprint density at radius 2 is 1.82 bits per heavy atom. The van der Waals surface area contributed by atoms with Gasteiger partial charge in [0.1, 0.15) is 5.75 Å². The van der Waals surface area contributed by atoms with E-state index in [4.69, 9.17) is 4.74 Å². The van der Waals surface area contributed by atoms with E-state index in [2.05, 4.69) is 47.5 Å². The van der Waals surface area contributed by atoms with Gasteiger partial charge in [-0.2, -0.15) is 4.80 Å². The number of hydrogen-bond acceptors (Lipinski definition) is 4. The van der Waals surface area contributed by atoms with E-state index >= 15 is 0 Å². The Morgan fingerprint density at radius 1 is 1.05 bits per heavy atom. The standard InChI is InChI=1S/C17H18N4O/c1-12-7-13(2)9-14(8-12)11-21-19-17(18-20-21)15-5-4-6-16(10-15)22-3/h4-10H,11H2,1-3H3. The van der Waals surface area contributed by atoms with Crippen LogP contribution in [0.4, 0.5) is 0 Å². The summed E-state index contributed by atoms with van der Waals surface area (Å²) in [5.74, 6) is 1.38. The van der Waals surface area contributed by atoms with Crippen LogP contribution in [0.25, 0.3) is 11.4 Å². The number of benzene rings is 2. The SMILES string of the molecule is COc1cccc(-c2nnn(Cc3cc(C)cc(C)c3)n2)c1. The molecule has 0 aliphatic rings. The number of aryl methyl sites for hydroxylation is 2. The number of aromatic nitrogens is 4. The molecule has 3 aromatic rings. The molecule has 5 heteroatoms. The lowest BCUT2D eigenvalue weighted by Gasteiger charge is -2.03. The van der Waals surface area contributed by atoms with Crippen LogP contribution < -0.4 is 4.74 Å². The predicted octanol–water partition coefficient (Wildman–Crippen LogP) is 3.01. The number of rotatable bonds is 4. The molecule has 0 fully saturated rings. The maximum absolute atomic E-state index is 5.22. The van der Waals surface area contributed by atoms with Gasteiger partial charge in [-0.25, -0.2) is 0 Å². The van der Waals surface area contributed by atoms with Crippen LogP contribution in [0, 0.1) is 13.8 Å². The third-order valence-electron chi connectivity index (χ3n) is 3.39. The molecule has 0 aliphatic carbocycles. The van der Waals surface area contributed by atoms with Crippen molar-refractivity contribution in [3.05, 3.63) is 59.2 Å². The maximum Gasteiger partial charge on any atom is 0.205 e. The summed E-state index contributed by atoms with van der Waals surface area (Å²) in [6.07, 6.45) is 0. The van der Waals surface area contributed by atoms with Gasteiger partial charge < -0.3 is 4.74 Å². The Kier molecular flexibility index (Phi) is 3.87. The van der Waals surface area contributed by atoms with Gasteiger partial charge in [-0.1, -0.05) is 41.5 Å². The molecule has 3 rings (SSSR count). The van der Waals surface area contributed by atoms with Gasteiger partial charge in [-0.15, -0.1) is 10.2 Å². The Balaban J connectivity index is 1.84. The Bertz CT molecular complexity index is 775. The van der Waals surface area contributed by atoms with Crippen molar-refractivity contribution >= 4 is 0 Å². The summed E-state index contributed by atoms with van der Waals surface area (Å²) < 4.78 is 5.22. The molecule has 0 atom stereocenters. The van der Waals surface area contributed by atoms with E-state index in [0.29, 0.717) is 12.4 Å². The lowest BCUT2D eigenvalue weighted by molar-refractivity contribution is 0.415. The van der Waals surface area contributed by atoms with Crippen molar-refractivity contribution in [2.75, 3.05) is 7.11 Å². The molecule has 0 saturated heterocycles. The molecule has 0 spiro atoms. The summed E-state index contributed by atoms with van der Waals surface area (Å²) in [5.41, 5.74) is 4.55. The smallest absolute Gasteiger partial charge is 0.205 e. The molecule has 1 heterocycles. The fourth-order valence-corrected chi connectivity index (χ4v) is 2.51. The highest BCUT2D eigenvalue weighted by molar-refractivity contribution is 5.56. The lowest BCUT2D eigenvalue weighted by atomic mass is 10.1. The minimum Gasteiger partial charge on any atom is -0.497 e. The average molecular weight is 294 g/mol. The van der Waals surface area contributed by atoms with E-state index in [0.717, 1.165) is 11.3 Å². The summed E-state index contributed by atoms with van der Waals surface area (Å²) in [4.78, 5) is 1.61. The third-order valence-corrected chi connectivity index (χ3v) is 3.39. The van der Waals surface area contributed by atoms with Gasteiger partial charge in [0.15, 0.2) is 0 Å². The minimum atomic E-state index is 0.600. The normalized spacial score (nSPS) is 10.7. The summed E-state index contributed by atoms with van der Waals surface area (Å²) in [6.45, 7) is 4.79. The molecule has 1 aromatic heterocycles. The first-order chi connectivity index (χ1) is 10.6. The highest BCUT2D eigenvalue weighted by Crippen LogP contribution is 2.20. The van der Waals surface area contributed by atoms with Gasteiger partial charge in [0.2, 0.25) is 5.82 Å². The minimum absolute atomic E-state index is 0.600. The van der Waals surface area contributed by atoms with Crippen LogP contribution in [0.1, 0.15) is 16.7 Å². The molecule has 0 saturated carbocycles. The molecular formula is C17H18N4O. The van der Waals surface area contributed by atoms with Gasteiger partial charge in [-0.3, -0.25) is 0 Å². The monoisotopic (exact) mass is 294 g/mol. The molecule has 112 valence electrons. The Hall–Kier alpha value is -2.69. The van der Waals surface area contributed by atoms with Crippen LogP contribution in [-0.2, 0) is 6.54 Å². The van der Waals surface area contributed by atoms with Crippen LogP contribution in [0.2, 0.25) is 0 Å². The zero-order valence-electron chi connectivity index (χ0n) is 12.9. The van der Waals surface area contributed by atoms with E-state index in [9.17, 15) is 0 Å². The summed E-state index contributed by atoms with van der Waals surface area (Å²) >= 11 is 0. The number of nitrogens with zero attached hydrogens (tertiary/aromatic N) is 4. The molecule has 22 heavy (non-hydrogen) atoms. The molecule has 0 bridgehead atoms. The fourth-order valence-electron chi connectivity index (χ4n) is 2.51. The van der Waals surface area contributed by atoms with Crippen molar-refractivity contribution in [1.29, 1.82) is 0 Å². The molecule has 0 radical (unpaired) electrons. The van der Waals surface area contributed by atoms with Crippen LogP contribution >= 0.6 is 0 Å². The molecule has 0 N–H and O–H groups in total. The molecular weight excluding hydrogens is 276 g/mol. The number of ether oxygens (including phenoxy) is 1. The Labute approximate surface area is 129 Å². The largest absolute Gasteiger partial charge is 0.497 e. The molecule has 0 unspecified atom stereocenters. The average Bonchev–Trinajstić information content (AvgIpc) is 2.95. The van der Waals surface area contributed by atoms with Crippen LogP contribution in [-0.4, -0.2) is 27.3 Å². The number of methoxy groups -OCH3 is 1.